The third-order valence-corrected chi connectivity index (χ3v) is 9.13. The van der Waals surface area contributed by atoms with E-state index in [4.69, 9.17) is 0 Å². The molecule has 0 amide bonds. The lowest BCUT2D eigenvalue weighted by atomic mass is 9.65. The van der Waals surface area contributed by atoms with E-state index in [0.29, 0.717) is 17.8 Å². The average molecular weight is 579 g/mol. The van der Waals surface area contributed by atoms with Gasteiger partial charge in [-0.3, -0.25) is 0 Å². The molecule has 3 aromatic carbocycles. The zero-order valence-electron chi connectivity index (χ0n) is 28.6. The summed E-state index contributed by atoms with van der Waals surface area (Å²) in [5.41, 5.74) is 12.4. The van der Waals surface area contributed by atoms with Gasteiger partial charge in [-0.1, -0.05) is 161 Å². The van der Waals surface area contributed by atoms with Crippen molar-refractivity contribution < 1.29 is 0 Å². The van der Waals surface area contributed by atoms with Gasteiger partial charge in [0.25, 0.3) is 0 Å². The molecule has 0 nitrogen and oxygen atoms in total. The van der Waals surface area contributed by atoms with Crippen LogP contribution in [0.5, 0.6) is 0 Å². The molecule has 0 saturated heterocycles. The van der Waals surface area contributed by atoms with E-state index in [0.717, 1.165) is 0 Å². The molecule has 1 fully saturated rings. The highest BCUT2D eigenvalue weighted by atomic mass is 14.4. The molecule has 0 aromatic heterocycles. The van der Waals surface area contributed by atoms with Crippen molar-refractivity contribution >= 4 is 0 Å². The van der Waals surface area contributed by atoms with E-state index in [1.165, 1.54) is 69.4 Å². The number of hydrogen-bond donors (Lipinski definition) is 0. The normalized spacial score (nSPS) is 15.0. The standard InChI is InChI=1S/C38H46.2C2H6.CH4/c1-9-17-26(3)35(10-2)38(7,8)37-33(31-20-16-21-31)25-24-27(4)36(37)34-23-15-14-22-32(34)29(6)28(5)30-18-12-11-13-19-30;2*1-2;/h9-15,17-19,22-25,28-29,31H,2,16,20-21H2,1,3-8H3;2*1-2H3;1H4/b17-9-,35-26+;;;. The molecular weight excluding hydrogens is 516 g/mol. The van der Waals surface area contributed by atoms with Crippen molar-refractivity contribution in [3.05, 3.63) is 131 Å². The van der Waals surface area contributed by atoms with Gasteiger partial charge in [0.1, 0.15) is 0 Å². The molecule has 0 bridgehead atoms. The van der Waals surface area contributed by atoms with Crippen molar-refractivity contribution in [2.75, 3.05) is 0 Å². The number of allylic oxidation sites excluding steroid dienone is 5. The highest BCUT2D eigenvalue weighted by molar-refractivity contribution is 5.78. The van der Waals surface area contributed by atoms with Crippen molar-refractivity contribution in [3.8, 4) is 11.1 Å². The summed E-state index contributed by atoms with van der Waals surface area (Å²) in [4.78, 5) is 0. The average Bonchev–Trinajstić information content (AvgIpc) is 2.99. The maximum Gasteiger partial charge on any atom is 0.0158 e. The van der Waals surface area contributed by atoms with Crippen LogP contribution in [0.3, 0.4) is 0 Å². The molecule has 0 spiro atoms. The number of hydrogen-bond acceptors (Lipinski definition) is 0. The molecule has 1 aliphatic carbocycles. The highest BCUT2D eigenvalue weighted by Gasteiger charge is 2.35. The van der Waals surface area contributed by atoms with Gasteiger partial charge < -0.3 is 0 Å². The predicted octanol–water partition coefficient (Wildman–Crippen LogP) is 13.9. The molecule has 1 aliphatic rings. The Bertz CT molecular complexity index is 1330. The fraction of sp³-hybridized carbons (Fsp3) is 0.442. The number of benzene rings is 3. The maximum absolute atomic E-state index is 4.30. The summed E-state index contributed by atoms with van der Waals surface area (Å²) in [6.07, 6.45) is 10.4. The Morgan fingerprint density at radius 1 is 0.860 bits per heavy atom. The van der Waals surface area contributed by atoms with Gasteiger partial charge in [-0.25, -0.2) is 0 Å². The van der Waals surface area contributed by atoms with Crippen LogP contribution >= 0.6 is 0 Å². The second-order valence-corrected chi connectivity index (χ2v) is 11.9. The Labute approximate surface area is 267 Å². The monoisotopic (exact) mass is 578 g/mol. The first-order valence-corrected chi connectivity index (χ1v) is 16.5. The molecule has 234 valence electrons. The summed E-state index contributed by atoms with van der Waals surface area (Å²) < 4.78 is 0. The van der Waals surface area contributed by atoms with Crippen LogP contribution in [0.15, 0.2) is 103 Å². The van der Waals surface area contributed by atoms with Gasteiger partial charge in [0.05, 0.1) is 0 Å². The first-order chi connectivity index (χ1) is 20.2. The first-order valence-electron chi connectivity index (χ1n) is 16.5. The van der Waals surface area contributed by atoms with Crippen LogP contribution in [0.1, 0.15) is 141 Å². The zero-order chi connectivity index (χ0) is 31.4. The van der Waals surface area contributed by atoms with E-state index in [9.17, 15) is 0 Å². The topological polar surface area (TPSA) is 0 Å². The maximum atomic E-state index is 4.30. The second-order valence-electron chi connectivity index (χ2n) is 11.9. The van der Waals surface area contributed by atoms with Crippen LogP contribution in [0, 0.1) is 6.92 Å². The van der Waals surface area contributed by atoms with Gasteiger partial charge in [-0.2, -0.15) is 0 Å². The Morgan fingerprint density at radius 3 is 1.98 bits per heavy atom. The van der Waals surface area contributed by atoms with Crippen molar-refractivity contribution in [2.45, 2.75) is 126 Å². The summed E-state index contributed by atoms with van der Waals surface area (Å²) in [7, 11) is 0. The summed E-state index contributed by atoms with van der Waals surface area (Å²) in [5, 5.41) is 0. The van der Waals surface area contributed by atoms with E-state index in [-0.39, 0.29) is 12.8 Å². The van der Waals surface area contributed by atoms with Crippen LogP contribution in [0.2, 0.25) is 0 Å². The van der Waals surface area contributed by atoms with E-state index in [2.05, 4.69) is 140 Å². The molecule has 4 rings (SSSR count). The number of aryl methyl sites for hydroxylation is 1. The van der Waals surface area contributed by atoms with Crippen LogP contribution in [-0.4, -0.2) is 0 Å². The Hall–Kier alpha value is -3.12. The van der Waals surface area contributed by atoms with E-state index in [1.54, 1.807) is 0 Å². The van der Waals surface area contributed by atoms with Gasteiger partial charge >= 0.3 is 0 Å². The van der Waals surface area contributed by atoms with Crippen LogP contribution in [0.4, 0.5) is 0 Å². The van der Waals surface area contributed by atoms with Gasteiger partial charge in [0, 0.05) is 5.41 Å². The third-order valence-electron chi connectivity index (χ3n) is 9.13. The molecule has 0 heterocycles. The Balaban J connectivity index is 0.00000177. The molecule has 43 heavy (non-hydrogen) atoms. The van der Waals surface area contributed by atoms with Gasteiger partial charge in [0.2, 0.25) is 0 Å². The quantitative estimate of drug-likeness (QED) is 0.222. The van der Waals surface area contributed by atoms with E-state index >= 15 is 0 Å². The summed E-state index contributed by atoms with van der Waals surface area (Å²) in [6.45, 7) is 28.5. The van der Waals surface area contributed by atoms with Gasteiger partial charge in [-0.05, 0) is 101 Å². The van der Waals surface area contributed by atoms with Gasteiger partial charge in [0.15, 0.2) is 0 Å². The van der Waals surface area contributed by atoms with Crippen molar-refractivity contribution in [1.29, 1.82) is 0 Å². The fourth-order valence-electron chi connectivity index (χ4n) is 6.62. The molecule has 2 atom stereocenters. The van der Waals surface area contributed by atoms with Crippen molar-refractivity contribution in [1.82, 2.24) is 0 Å². The van der Waals surface area contributed by atoms with Crippen molar-refractivity contribution in [2.24, 2.45) is 0 Å². The fourth-order valence-corrected chi connectivity index (χ4v) is 6.62. The highest BCUT2D eigenvalue weighted by Crippen LogP contribution is 2.50. The lowest BCUT2D eigenvalue weighted by molar-refractivity contribution is 0.412. The van der Waals surface area contributed by atoms with Crippen LogP contribution < -0.4 is 0 Å². The molecule has 0 aliphatic heterocycles. The summed E-state index contributed by atoms with van der Waals surface area (Å²) in [5.74, 6) is 1.45. The molecule has 3 aromatic rings. The number of rotatable bonds is 9. The van der Waals surface area contributed by atoms with E-state index < -0.39 is 0 Å². The first kappa shape index (κ1) is 37.9. The third kappa shape index (κ3) is 8.29. The molecule has 2 unspecified atom stereocenters. The van der Waals surface area contributed by atoms with Crippen LogP contribution in [-0.2, 0) is 5.41 Å². The molecule has 1 saturated carbocycles. The SMILES string of the molecule is C.C=C/C(=C(C)\C=C/C)C(C)(C)c1c(C2CCC2)ccc(C)c1-c1ccccc1C(C)C(C)c1ccccc1.CC.CC. The molecule has 0 N–H and O–H groups in total. The smallest absolute Gasteiger partial charge is 0.0158 e. The molecular formula is C43H62. The summed E-state index contributed by atoms with van der Waals surface area (Å²) in [6, 6.07) is 24.9. The minimum atomic E-state index is -0.182. The minimum absolute atomic E-state index is 0. The predicted molar refractivity (Wildman–Crippen MR) is 197 cm³/mol. The Morgan fingerprint density at radius 2 is 1.44 bits per heavy atom. The summed E-state index contributed by atoms with van der Waals surface area (Å²) >= 11 is 0. The lowest BCUT2D eigenvalue weighted by Crippen LogP contribution is -2.26. The van der Waals surface area contributed by atoms with Gasteiger partial charge in [-0.15, -0.1) is 0 Å². The Kier molecular flexibility index (Phi) is 15.7. The zero-order valence-corrected chi connectivity index (χ0v) is 28.6. The largest absolute Gasteiger partial charge is 0.0987 e. The van der Waals surface area contributed by atoms with E-state index in [1.807, 2.05) is 27.7 Å². The van der Waals surface area contributed by atoms with Crippen molar-refractivity contribution in [3.63, 3.8) is 0 Å². The molecule has 0 radical (unpaired) electrons. The van der Waals surface area contributed by atoms with Crippen LogP contribution in [0.25, 0.3) is 11.1 Å². The molecule has 0 heteroatoms. The minimum Gasteiger partial charge on any atom is -0.0987 e. The second kappa shape index (κ2) is 17.9. The lowest BCUT2D eigenvalue weighted by Gasteiger charge is -2.38.